The first-order chi connectivity index (χ1) is 11.5. The molecule has 0 radical (unpaired) electrons. The highest BCUT2D eigenvalue weighted by Gasteiger charge is 2.04. The van der Waals surface area contributed by atoms with E-state index in [1.807, 2.05) is 31.2 Å². The molecule has 6 heteroatoms. The summed E-state index contributed by atoms with van der Waals surface area (Å²) in [7, 11) is 0. The van der Waals surface area contributed by atoms with Crippen molar-refractivity contribution < 1.29 is 0 Å². The highest BCUT2D eigenvalue weighted by molar-refractivity contribution is 9.10. The lowest BCUT2D eigenvalue weighted by Crippen LogP contribution is -2.02. The standard InChI is InChI=1S/C18H18BrN5/c1-11-4-6-14(8-13(11)3)22-18-23-17(10-20-24-18)21-15-7-5-12(2)16(19)9-15/h4-10H,1-3H3,(H2,21,22,23,24). The molecule has 0 unspecified atom stereocenters. The summed E-state index contributed by atoms with van der Waals surface area (Å²) in [6.45, 7) is 6.21. The zero-order valence-corrected chi connectivity index (χ0v) is 15.3. The molecule has 0 aliphatic heterocycles. The Morgan fingerprint density at radius 3 is 2.25 bits per heavy atom. The van der Waals surface area contributed by atoms with Crippen LogP contribution in [-0.2, 0) is 0 Å². The molecule has 122 valence electrons. The van der Waals surface area contributed by atoms with Crippen LogP contribution in [0, 0.1) is 20.8 Å². The summed E-state index contributed by atoms with van der Waals surface area (Å²) in [6.07, 6.45) is 1.60. The molecule has 2 N–H and O–H groups in total. The smallest absolute Gasteiger partial charge is 0.249 e. The number of anilines is 4. The lowest BCUT2D eigenvalue weighted by Gasteiger charge is -2.09. The average molecular weight is 384 g/mol. The Bertz CT molecular complexity index is 810. The zero-order valence-electron chi connectivity index (χ0n) is 13.8. The normalized spacial score (nSPS) is 10.5. The minimum absolute atomic E-state index is 0.453. The van der Waals surface area contributed by atoms with E-state index < -0.39 is 0 Å². The number of nitrogens with zero attached hydrogens (tertiary/aromatic N) is 3. The maximum Gasteiger partial charge on any atom is 0.249 e. The van der Waals surface area contributed by atoms with E-state index in [9.17, 15) is 0 Å². The van der Waals surface area contributed by atoms with E-state index in [-0.39, 0.29) is 0 Å². The van der Waals surface area contributed by atoms with E-state index in [4.69, 9.17) is 0 Å². The van der Waals surface area contributed by atoms with Gasteiger partial charge in [-0.05, 0) is 61.7 Å². The van der Waals surface area contributed by atoms with E-state index in [0.29, 0.717) is 11.8 Å². The van der Waals surface area contributed by atoms with Crippen molar-refractivity contribution in [2.24, 2.45) is 0 Å². The van der Waals surface area contributed by atoms with Crippen LogP contribution in [0.15, 0.2) is 47.1 Å². The molecule has 0 bridgehead atoms. The van der Waals surface area contributed by atoms with E-state index in [2.05, 4.69) is 67.7 Å². The minimum atomic E-state index is 0.453. The van der Waals surface area contributed by atoms with Gasteiger partial charge in [0, 0.05) is 15.8 Å². The molecule has 2 aromatic carbocycles. The molecule has 0 fully saturated rings. The fourth-order valence-corrected chi connectivity index (χ4v) is 2.56. The van der Waals surface area contributed by atoms with Crippen molar-refractivity contribution in [3.63, 3.8) is 0 Å². The third-order valence-electron chi connectivity index (χ3n) is 3.77. The van der Waals surface area contributed by atoms with Crippen LogP contribution >= 0.6 is 15.9 Å². The second-order valence-corrected chi connectivity index (χ2v) is 6.53. The SMILES string of the molecule is Cc1ccc(Nc2nncc(Nc3ccc(C)c(Br)c3)n2)cc1C. The Labute approximate surface area is 149 Å². The first kappa shape index (κ1) is 16.4. The molecule has 5 nitrogen and oxygen atoms in total. The van der Waals surface area contributed by atoms with Crippen molar-refractivity contribution in [3.05, 3.63) is 63.8 Å². The van der Waals surface area contributed by atoms with Crippen molar-refractivity contribution in [1.82, 2.24) is 15.2 Å². The Balaban J connectivity index is 1.78. The Morgan fingerprint density at radius 1 is 0.833 bits per heavy atom. The number of aromatic nitrogens is 3. The van der Waals surface area contributed by atoms with Crippen LogP contribution in [-0.4, -0.2) is 15.2 Å². The number of hydrogen-bond acceptors (Lipinski definition) is 5. The van der Waals surface area contributed by atoms with Gasteiger partial charge in [0.1, 0.15) is 0 Å². The lowest BCUT2D eigenvalue weighted by atomic mass is 10.1. The van der Waals surface area contributed by atoms with Gasteiger partial charge in [-0.1, -0.05) is 28.1 Å². The lowest BCUT2D eigenvalue weighted by molar-refractivity contribution is 0.982. The molecular formula is C18H18BrN5. The van der Waals surface area contributed by atoms with E-state index >= 15 is 0 Å². The molecule has 0 amide bonds. The minimum Gasteiger partial charge on any atom is -0.339 e. The monoisotopic (exact) mass is 383 g/mol. The maximum absolute atomic E-state index is 4.46. The molecule has 0 aliphatic rings. The van der Waals surface area contributed by atoms with Crippen molar-refractivity contribution in [2.75, 3.05) is 10.6 Å². The van der Waals surface area contributed by atoms with Crippen molar-refractivity contribution >= 4 is 39.1 Å². The van der Waals surface area contributed by atoms with E-state index in [1.54, 1.807) is 6.20 Å². The second kappa shape index (κ2) is 6.97. The van der Waals surface area contributed by atoms with Gasteiger partial charge in [0.15, 0.2) is 5.82 Å². The van der Waals surface area contributed by atoms with Crippen molar-refractivity contribution in [3.8, 4) is 0 Å². The third-order valence-corrected chi connectivity index (χ3v) is 4.62. The summed E-state index contributed by atoms with van der Waals surface area (Å²) in [5.74, 6) is 1.08. The van der Waals surface area contributed by atoms with Gasteiger partial charge in [-0.15, -0.1) is 5.10 Å². The molecule has 0 spiro atoms. The largest absolute Gasteiger partial charge is 0.339 e. The second-order valence-electron chi connectivity index (χ2n) is 5.68. The predicted octanol–water partition coefficient (Wildman–Crippen LogP) is 5.05. The molecule has 1 heterocycles. The van der Waals surface area contributed by atoms with Gasteiger partial charge in [-0.3, -0.25) is 0 Å². The Hall–Kier alpha value is -2.47. The summed E-state index contributed by atoms with van der Waals surface area (Å²) in [5.41, 5.74) is 5.52. The molecule has 3 rings (SSSR count). The number of halogens is 1. The summed E-state index contributed by atoms with van der Waals surface area (Å²) >= 11 is 3.53. The van der Waals surface area contributed by atoms with Crippen LogP contribution in [0.1, 0.15) is 16.7 Å². The predicted molar refractivity (Wildman–Crippen MR) is 101 cm³/mol. The molecular weight excluding hydrogens is 366 g/mol. The molecule has 0 saturated carbocycles. The van der Waals surface area contributed by atoms with Gasteiger partial charge < -0.3 is 10.6 Å². The van der Waals surface area contributed by atoms with E-state index in [1.165, 1.54) is 16.7 Å². The highest BCUT2D eigenvalue weighted by atomic mass is 79.9. The topological polar surface area (TPSA) is 62.7 Å². The van der Waals surface area contributed by atoms with Crippen molar-refractivity contribution in [2.45, 2.75) is 20.8 Å². The first-order valence-electron chi connectivity index (χ1n) is 7.58. The quantitative estimate of drug-likeness (QED) is 0.659. The zero-order chi connectivity index (χ0) is 17.1. The molecule has 0 atom stereocenters. The number of nitrogens with one attached hydrogen (secondary N) is 2. The van der Waals surface area contributed by atoms with Crippen LogP contribution < -0.4 is 10.6 Å². The molecule has 0 aliphatic carbocycles. The first-order valence-corrected chi connectivity index (χ1v) is 8.38. The average Bonchev–Trinajstić information content (AvgIpc) is 2.55. The Kier molecular flexibility index (Phi) is 4.76. The van der Waals surface area contributed by atoms with E-state index in [0.717, 1.165) is 15.8 Å². The molecule has 1 aromatic heterocycles. The van der Waals surface area contributed by atoms with Crippen LogP contribution in [0.2, 0.25) is 0 Å². The number of rotatable bonds is 4. The number of aryl methyl sites for hydroxylation is 3. The van der Waals surface area contributed by atoms with Crippen molar-refractivity contribution in [1.29, 1.82) is 0 Å². The summed E-state index contributed by atoms with van der Waals surface area (Å²) < 4.78 is 1.04. The fourth-order valence-electron chi connectivity index (χ4n) is 2.18. The van der Waals surface area contributed by atoms with Gasteiger partial charge in [0.25, 0.3) is 0 Å². The molecule has 24 heavy (non-hydrogen) atoms. The third kappa shape index (κ3) is 3.89. The van der Waals surface area contributed by atoms with Gasteiger partial charge in [-0.25, -0.2) is 0 Å². The summed E-state index contributed by atoms with van der Waals surface area (Å²) in [5, 5.41) is 14.5. The van der Waals surface area contributed by atoms with Gasteiger partial charge in [0.2, 0.25) is 5.95 Å². The fraction of sp³-hybridized carbons (Fsp3) is 0.167. The number of hydrogen-bond donors (Lipinski definition) is 2. The molecule has 3 aromatic rings. The van der Waals surface area contributed by atoms with Crippen LogP contribution in [0.3, 0.4) is 0 Å². The molecule has 0 saturated heterocycles. The summed E-state index contributed by atoms with van der Waals surface area (Å²) in [4.78, 5) is 4.46. The number of benzene rings is 2. The Morgan fingerprint density at radius 2 is 1.54 bits per heavy atom. The summed E-state index contributed by atoms with van der Waals surface area (Å²) in [6, 6.07) is 12.2. The van der Waals surface area contributed by atoms with Gasteiger partial charge in [0.05, 0.1) is 6.20 Å². The maximum atomic E-state index is 4.46. The highest BCUT2D eigenvalue weighted by Crippen LogP contribution is 2.23. The van der Waals surface area contributed by atoms with Crippen LogP contribution in [0.5, 0.6) is 0 Å². The van der Waals surface area contributed by atoms with Crippen LogP contribution in [0.25, 0.3) is 0 Å². The van der Waals surface area contributed by atoms with Crippen LogP contribution in [0.4, 0.5) is 23.1 Å². The van der Waals surface area contributed by atoms with Gasteiger partial charge >= 0.3 is 0 Å². The van der Waals surface area contributed by atoms with Gasteiger partial charge in [-0.2, -0.15) is 10.1 Å².